The number of nitrogens with zero attached hydrogens (tertiary/aromatic N) is 1. The van der Waals surface area contributed by atoms with Crippen LogP contribution in [0.4, 0.5) is 5.88 Å². The summed E-state index contributed by atoms with van der Waals surface area (Å²) in [6, 6.07) is 0. The second-order valence-electron chi connectivity index (χ2n) is 4.06. The van der Waals surface area contributed by atoms with Gasteiger partial charge in [0.1, 0.15) is 0 Å². The summed E-state index contributed by atoms with van der Waals surface area (Å²) in [5.74, 6) is 0.209. The minimum Gasteiger partial charge on any atom is -0.356 e. The Kier molecular flexibility index (Phi) is 5.35. The van der Waals surface area contributed by atoms with Crippen molar-refractivity contribution in [3.63, 3.8) is 0 Å². The van der Waals surface area contributed by atoms with Gasteiger partial charge in [0.15, 0.2) is 0 Å². The van der Waals surface area contributed by atoms with Gasteiger partial charge in [-0.2, -0.15) is 0 Å². The van der Waals surface area contributed by atoms with Crippen molar-refractivity contribution in [3.05, 3.63) is 11.3 Å². The lowest BCUT2D eigenvalue weighted by atomic mass is 10.2. The first-order valence-electron chi connectivity index (χ1n) is 6.04. The van der Waals surface area contributed by atoms with E-state index in [1.54, 1.807) is 0 Å². The molecular formula is C12H19N3O3. The van der Waals surface area contributed by atoms with Crippen molar-refractivity contribution in [2.75, 3.05) is 11.9 Å². The Morgan fingerprint density at radius 2 is 2.11 bits per heavy atom. The van der Waals surface area contributed by atoms with Crippen LogP contribution in [-0.2, 0) is 16.0 Å². The van der Waals surface area contributed by atoms with Crippen molar-refractivity contribution in [1.29, 1.82) is 0 Å². The Morgan fingerprint density at radius 3 is 2.72 bits per heavy atom. The Labute approximate surface area is 106 Å². The molecule has 0 aliphatic heterocycles. The van der Waals surface area contributed by atoms with Crippen LogP contribution >= 0.6 is 0 Å². The fourth-order valence-corrected chi connectivity index (χ4v) is 1.61. The lowest BCUT2D eigenvalue weighted by molar-refractivity contribution is -0.119. The van der Waals surface area contributed by atoms with Gasteiger partial charge in [0.05, 0.1) is 5.69 Å². The van der Waals surface area contributed by atoms with E-state index in [9.17, 15) is 9.59 Å². The molecule has 0 atom stereocenters. The van der Waals surface area contributed by atoms with Gasteiger partial charge >= 0.3 is 0 Å². The summed E-state index contributed by atoms with van der Waals surface area (Å²) in [5.41, 5.74) is 1.72. The third-order valence-electron chi connectivity index (χ3n) is 2.55. The summed E-state index contributed by atoms with van der Waals surface area (Å²) >= 11 is 0. The van der Waals surface area contributed by atoms with Crippen molar-refractivity contribution in [2.24, 2.45) is 0 Å². The number of aromatic nitrogens is 1. The van der Waals surface area contributed by atoms with Crippen molar-refractivity contribution in [1.82, 2.24) is 10.5 Å². The first kappa shape index (κ1) is 14.2. The van der Waals surface area contributed by atoms with E-state index >= 15 is 0 Å². The van der Waals surface area contributed by atoms with Crippen LogP contribution in [-0.4, -0.2) is 23.5 Å². The minimum atomic E-state index is -0.133. The standard InChI is InChI=1S/C12H19N3O3/c1-4-10-8(2)15-18-12(10)14-11(17)6-5-7-13-9(3)16/h4-7H2,1-3H3,(H,13,16)(H,14,17). The summed E-state index contributed by atoms with van der Waals surface area (Å²) in [6.45, 7) is 5.77. The van der Waals surface area contributed by atoms with Crippen LogP contribution in [0.25, 0.3) is 0 Å². The zero-order valence-corrected chi connectivity index (χ0v) is 11.0. The summed E-state index contributed by atoms with van der Waals surface area (Å²) in [4.78, 5) is 22.3. The van der Waals surface area contributed by atoms with Crippen molar-refractivity contribution >= 4 is 17.7 Å². The summed E-state index contributed by atoms with van der Waals surface area (Å²) in [5, 5.41) is 9.14. The lowest BCUT2D eigenvalue weighted by Gasteiger charge is -2.04. The van der Waals surface area contributed by atoms with E-state index in [1.165, 1.54) is 6.92 Å². The van der Waals surface area contributed by atoms with Crippen LogP contribution < -0.4 is 10.6 Å². The predicted molar refractivity (Wildman–Crippen MR) is 67.2 cm³/mol. The van der Waals surface area contributed by atoms with Gasteiger partial charge in [0.2, 0.25) is 17.7 Å². The Hall–Kier alpha value is -1.85. The number of carbonyl (C=O) groups is 2. The molecular weight excluding hydrogens is 234 g/mol. The van der Waals surface area contributed by atoms with Crippen LogP contribution in [0.1, 0.15) is 37.9 Å². The number of nitrogens with one attached hydrogen (secondary N) is 2. The number of aryl methyl sites for hydroxylation is 1. The van der Waals surface area contributed by atoms with Crippen LogP contribution in [0, 0.1) is 6.92 Å². The van der Waals surface area contributed by atoms with Gasteiger partial charge in [-0.25, -0.2) is 0 Å². The average Bonchev–Trinajstić information content (AvgIpc) is 2.65. The van der Waals surface area contributed by atoms with Crippen LogP contribution in [0.3, 0.4) is 0 Å². The zero-order valence-electron chi connectivity index (χ0n) is 11.0. The molecule has 0 radical (unpaired) electrons. The number of carbonyl (C=O) groups excluding carboxylic acids is 2. The molecule has 1 aromatic rings. The first-order chi connectivity index (χ1) is 8.54. The second-order valence-corrected chi connectivity index (χ2v) is 4.06. The smallest absolute Gasteiger partial charge is 0.234 e. The maximum absolute atomic E-state index is 11.6. The average molecular weight is 253 g/mol. The molecule has 1 aromatic heterocycles. The number of rotatable bonds is 6. The van der Waals surface area contributed by atoms with E-state index in [4.69, 9.17) is 4.52 Å². The van der Waals surface area contributed by atoms with Gasteiger partial charge < -0.3 is 9.84 Å². The SMILES string of the molecule is CCc1c(C)noc1NC(=O)CCCNC(C)=O. The highest BCUT2D eigenvalue weighted by Crippen LogP contribution is 2.19. The van der Waals surface area contributed by atoms with Crippen molar-refractivity contribution in [3.8, 4) is 0 Å². The molecule has 100 valence electrons. The van der Waals surface area contributed by atoms with Crippen LogP contribution in [0.5, 0.6) is 0 Å². The molecule has 1 heterocycles. The normalized spacial score (nSPS) is 10.2. The van der Waals surface area contributed by atoms with Crippen LogP contribution in [0.2, 0.25) is 0 Å². The van der Waals surface area contributed by atoms with E-state index in [0.29, 0.717) is 25.3 Å². The van der Waals surface area contributed by atoms with Gasteiger partial charge in [-0.3, -0.25) is 14.9 Å². The second kappa shape index (κ2) is 6.78. The number of anilines is 1. The van der Waals surface area contributed by atoms with E-state index < -0.39 is 0 Å². The summed E-state index contributed by atoms with van der Waals surface area (Å²) < 4.78 is 5.05. The topological polar surface area (TPSA) is 84.2 Å². The Morgan fingerprint density at radius 1 is 1.39 bits per heavy atom. The van der Waals surface area contributed by atoms with E-state index in [-0.39, 0.29) is 11.8 Å². The molecule has 6 nitrogen and oxygen atoms in total. The third-order valence-corrected chi connectivity index (χ3v) is 2.55. The molecule has 0 unspecified atom stereocenters. The fraction of sp³-hybridized carbons (Fsp3) is 0.583. The molecule has 2 amide bonds. The minimum absolute atomic E-state index is 0.0884. The van der Waals surface area contributed by atoms with Gasteiger partial charge in [-0.15, -0.1) is 0 Å². The van der Waals surface area contributed by atoms with Crippen molar-refractivity contribution in [2.45, 2.75) is 40.0 Å². The summed E-state index contributed by atoms with van der Waals surface area (Å²) in [7, 11) is 0. The highest BCUT2D eigenvalue weighted by Gasteiger charge is 2.13. The zero-order chi connectivity index (χ0) is 13.5. The maximum atomic E-state index is 11.6. The molecule has 1 rings (SSSR count). The number of hydrogen-bond donors (Lipinski definition) is 2. The molecule has 18 heavy (non-hydrogen) atoms. The molecule has 0 aromatic carbocycles. The van der Waals surface area contributed by atoms with Gasteiger partial charge in [0.25, 0.3) is 0 Å². The lowest BCUT2D eigenvalue weighted by Crippen LogP contribution is -2.22. The van der Waals surface area contributed by atoms with E-state index in [0.717, 1.165) is 17.7 Å². The maximum Gasteiger partial charge on any atom is 0.234 e. The molecule has 0 saturated heterocycles. The first-order valence-corrected chi connectivity index (χ1v) is 6.04. The fourth-order valence-electron chi connectivity index (χ4n) is 1.61. The largest absolute Gasteiger partial charge is 0.356 e. The van der Waals surface area contributed by atoms with Gasteiger partial charge in [-0.05, 0) is 19.8 Å². The quantitative estimate of drug-likeness (QED) is 0.750. The van der Waals surface area contributed by atoms with E-state index in [1.807, 2.05) is 13.8 Å². The molecule has 0 fully saturated rings. The van der Waals surface area contributed by atoms with Gasteiger partial charge in [0, 0.05) is 25.5 Å². The number of amides is 2. The van der Waals surface area contributed by atoms with Crippen LogP contribution in [0.15, 0.2) is 4.52 Å². The molecule has 6 heteroatoms. The molecule has 0 bridgehead atoms. The molecule has 0 saturated carbocycles. The monoisotopic (exact) mass is 253 g/mol. The highest BCUT2D eigenvalue weighted by molar-refractivity contribution is 5.90. The van der Waals surface area contributed by atoms with Crippen molar-refractivity contribution < 1.29 is 14.1 Å². The highest BCUT2D eigenvalue weighted by atomic mass is 16.5. The molecule has 0 aliphatic rings. The molecule has 0 spiro atoms. The summed E-state index contributed by atoms with van der Waals surface area (Å²) in [6.07, 6.45) is 1.69. The predicted octanol–water partition coefficient (Wildman–Crippen LogP) is 1.40. The number of hydrogen-bond acceptors (Lipinski definition) is 4. The Bertz CT molecular complexity index is 426. The molecule has 2 N–H and O–H groups in total. The Balaban J connectivity index is 2.37. The molecule has 0 aliphatic carbocycles. The third kappa shape index (κ3) is 4.20. The van der Waals surface area contributed by atoms with E-state index in [2.05, 4.69) is 15.8 Å². The van der Waals surface area contributed by atoms with Gasteiger partial charge in [-0.1, -0.05) is 12.1 Å².